The molecule has 67 valence electrons. The standard InChI is InChI=1S/C11H17O/c1-2-3-4-5-6-7-8-9-10-11-12/h4-7,10-11H,2-3,8-9H2,1H3. The van der Waals surface area contributed by atoms with Gasteiger partial charge in [0.05, 0.1) is 0 Å². The molecule has 0 bridgehead atoms. The molecule has 1 heteroatoms. The predicted octanol–water partition coefficient (Wildman–Crippen LogP) is 3.62. The number of rotatable bonds is 6. The highest BCUT2D eigenvalue weighted by Crippen LogP contribution is 1.94. The molecule has 0 N–H and O–H groups in total. The van der Waals surface area contributed by atoms with Gasteiger partial charge in [-0.2, -0.15) is 0 Å². The number of unbranched alkanes of at least 4 members (excludes halogenated alkanes) is 2. The second-order valence-corrected chi connectivity index (χ2v) is 2.59. The zero-order valence-electron chi connectivity index (χ0n) is 7.70. The first kappa shape index (κ1) is 11.0. The summed E-state index contributed by atoms with van der Waals surface area (Å²) in [6.45, 7) is 2.16. The van der Waals surface area contributed by atoms with Crippen LogP contribution in [-0.2, 0) is 5.11 Å². The fourth-order valence-electron chi connectivity index (χ4n) is 0.777. The molecule has 0 heterocycles. The van der Waals surface area contributed by atoms with Crippen molar-refractivity contribution in [3.05, 3.63) is 36.6 Å². The molecular weight excluding hydrogens is 148 g/mol. The van der Waals surface area contributed by atoms with E-state index in [-0.39, 0.29) is 0 Å². The molecule has 0 atom stereocenters. The number of hydrogen-bond donors (Lipinski definition) is 0. The van der Waals surface area contributed by atoms with Gasteiger partial charge in [0.2, 0.25) is 0 Å². The van der Waals surface area contributed by atoms with Gasteiger partial charge in [0.25, 0.3) is 0 Å². The number of hydrogen-bond acceptors (Lipinski definition) is 0. The van der Waals surface area contributed by atoms with Crippen molar-refractivity contribution in [3.8, 4) is 0 Å². The highest BCUT2D eigenvalue weighted by Gasteiger charge is 1.74. The van der Waals surface area contributed by atoms with Gasteiger partial charge in [-0.25, -0.2) is 0 Å². The summed E-state index contributed by atoms with van der Waals surface area (Å²) in [5.41, 5.74) is 0. The summed E-state index contributed by atoms with van der Waals surface area (Å²) in [5, 5.41) is 9.89. The molecule has 0 rings (SSSR count). The Kier molecular flexibility index (Phi) is 9.20. The second kappa shape index (κ2) is 10.0. The summed E-state index contributed by atoms with van der Waals surface area (Å²) in [6, 6.07) is 0. The van der Waals surface area contributed by atoms with Crippen molar-refractivity contribution in [2.24, 2.45) is 0 Å². The van der Waals surface area contributed by atoms with Crippen LogP contribution in [0.5, 0.6) is 0 Å². The van der Waals surface area contributed by atoms with E-state index in [2.05, 4.69) is 25.2 Å². The van der Waals surface area contributed by atoms with Crippen LogP contribution in [0.3, 0.4) is 0 Å². The highest BCUT2D eigenvalue weighted by atomic mass is 16.2. The van der Waals surface area contributed by atoms with Crippen LogP contribution in [0.1, 0.15) is 32.6 Å². The number of allylic oxidation sites excluding steroid dienone is 5. The summed E-state index contributed by atoms with van der Waals surface area (Å²) in [7, 11) is 0. The SMILES string of the molecule is CCCC=CC=CCCC=C[O]. The van der Waals surface area contributed by atoms with E-state index >= 15 is 0 Å². The van der Waals surface area contributed by atoms with E-state index in [4.69, 9.17) is 0 Å². The largest absolute Gasteiger partial charge is 0.299 e. The molecule has 0 saturated heterocycles. The molecule has 0 aliphatic rings. The van der Waals surface area contributed by atoms with Crippen LogP contribution in [0, 0.1) is 0 Å². The van der Waals surface area contributed by atoms with Gasteiger partial charge in [0, 0.05) is 0 Å². The second-order valence-electron chi connectivity index (χ2n) is 2.59. The van der Waals surface area contributed by atoms with E-state index in [0.29, 0.717) is 0 Å². The average Bonchev–Trinajstić information content (AvgIpc) is 2.10. The van der Waals surface area contributed by atoms with Crippen molar-refractivity contribution in [1.29, 1.82) is 0 Å². The Bertz CT molecular complexity index is 154. The first-order chi connectivity index (χ1) is 5.91. The van der Waals surface area contributed by atoms with Gasteiger partial charge < -0.3 is 0 Å². The van der Waals surface area contributed by atoms with Gasteiger partial charge in [0.1, 0.15) is 6.26 Å². The minimum atomic E-state index is 0.848. The third kappa shape index (κ3) is 9.02. The molecule has 0 aromatic carbocycles. The van der Waals surface area contributed by atoms with Crippen molar-refractivity contribution >= 4 is 0 Å². The van der Waals surface area contributed by atoms with E-state index in [1.807, 2.05) is 6.08 Å². The molecule has 0 aliphatic carbocycles. The minimum absolute atomic E-state index is 0.848. The van der Waals surface area contributed by atoms with Gasteiger partial charge in [-0.1, -0.05) is 37.6 Å². The zero-order valence-corrected chi connectivity index (χ0v) is 7.70. The van der Waals surface area contributed by atoms with E-state index in [1.54, 1.807) is 6.08 Å². The summed E-state index contributed by atoms with van der Waals surface area (Å²) >= 11 is 0. The summed E-state index contributed by atoms with van der Waals surface area (Å²) in [6.07, 6.45) is 15.0. The van der Waals surface area contributed by atoms with Crippen LogP contribution in [0.15, 0.2) is 36.6 Å². The van der Waals surface area contributed by atoms with E-state index in [0.717, 1.165) is 25.5 Å². The van der Waals surface area contributed by atoms with Crippen molar-refractivity contribution in [2.75, 3.05) is 0 Å². The monoisotopic (exact) mass is 165 g/mol. The molecular formula is C11H17O. The Balaban J connectivity index is 3.24. The van der Waals surface area contributed by atoms with E-state index in [9.17, 15) is 5.11 Å². The fourth-order valence-corrected chi connectivity index (χ4v) is 0.777. The molecule has 0 unspecified atom stereocenters. The summed E-state index contributed by atoms with van der Waals surface area (Å²) in [4.78, 5) is 0. The van der Waals surface area contributed by atoms with Gasteiger partial charge in [-0.15, -0.1) is 0 Å². The minimum Gasteiger partial charge on any atom is -0.299 e. The smallest absolute Gasteiger partial charge is 0.138 e. The Morgan fingerprint density at radius 1 is 0.917 bits per heavy atom. The maximum absolute atomic E-state index is 9.89. The van der Waals surface area contributed by atoms with Crippen LogP contribution in [0.4, 0.5) is 0 Å². The lowest BCUT2D eigenvalue weighted by atomic mass is 10.2. The summed E-state index contributed by atoms with van der Waals surface area (Å²) in [5.74, 6) is 0. The predicted molar refractivity (Wildman–Crippen MR) is 52.2 cm³/mol. The lowest BCUT2D eigenvalue weighted by molar-refractivity contribution is 0.350. The van der Waals surface area contributed by atoms with Crippen molar-refractivity contribution < 1.29 is 5.11 Å². The van der Waals surface area contributed by atoms with Crippen LogP contribution in [-0.4, -0.2) is 0 Å². The van der Waals surface area contributed by atoms with Gasteiger partial charge in [-0.3, -0.25) is 5.11 Å². The molecule has 1 nitrogen and oxygen atoms in total. The molecule has 0 spiro atoms. The Morgan fingerprint density at radius 3 is 2.08 bits per heavy atom. The third-order valence-electron chi connectivity index (χ3n) is 1.43. The third-order valence-corrected chi connectivity index (χ3v) is 1.43. The molecule has 0 saturated carbocycles. The van der Waals surface area contributed by atoms with E-state index < -0.39 is 0 Å². The molecule has 0 aromatic rings. The molecule has 0 aliphatic heterocycles. The molecule has 0 amide bonds. The Hall–Kier alpha value is -0.980. The molecule has 0 aromatic heterocycles. The summed E-state index contributed by atoms with van der Waals surface area (Å²) < 4.78 is 0. The molecule has 0 fully saturated rings. The normalized spacial score (nSPS) is 12.4. The van der Waals surface area contributed by atoms with Crippen LogP contribution in [0.2, 0.25) is 0 Å². The Labute approximate surface area is 75.1 Å². The average molecular weight is 165 g/mol. The van der Waals surface area contributed by atoms with Crippen molar-refractivity contribution in [3.63, 3.8) is 0 Å². The van der Waals surface area contributed by atoms with Gasteiger partial charge >= 0.3 is 0 Å². The van der Waals surface area contributed by atoms with E-state index in [1.165, 1.54) is 6.42 Å². The van der Waals surface area contributed by atoms with Crippen molar-refractivity contribution in [1.82, 2.24) is 0 Å². The lowest BCUT2D eigenvalue weighted by Gasteiger charge is -1.83. The Morgan fingerprint density at radius 2 is 1.50 bits per heavy atom. The molecule has 1 radical (unpaired) electrons. The topological polar surface area (TPSA) is 19.9 Å². The quantitative estimate of drug-likeness (QED) is 0.325. The van der Waals surface area contributed by atoms with Gasteiger partial charge in [-0.05, 0) is 25.3 Å². The van der Waals surface area contributed by atoms with Crippen LogP contribution < -0.4 is 0 Å². The zero-order chi connectivity index (χ0) is 9.07. The highest BCUT2D eigenvalue weighted by molar-refractivity contribution is 5.02. The van der Waals surface area contributed by atoms with Crippen molar-refractivity contribution in [2.45, 2.75) is 32.6 Å². The lowest BCUT2D eigenvalue weighted by Crippen LogP contribution is -1.63. The van der Waals surface area contributed by atoms with Gasteiger partial charge in [0.15, 0.2) is 0 Å². The first-order valence-corrected chi connectivity index (χ1v) is 4.50. The molecule has 12 heavy (non-hydrogen) atoms. The van der Waals surface area contributed by atoms with Crippen LogP contribution >= 0.6 is 0 Å². The first-order valence-electron chi connectivity index (χ1n) is 4.50. The van der Waals surface area contributed by atoms with Crippen LogP contribution in [0.25, 0.3) is 0 Å². The maximum atomic E-state index is 9.89. The maximum Gasteiger partial charge on any atom is 0.138 e. The fraction of sp³-hybridized carbons (Fsp3) is 0.455.